The number of quaternary nitrogens is 1. The number of carbonyl (C=O) groups is 1. The van der Waals surface area contributed by atoms with Gasteiger partial charge in [-0.15, -0.1) is 0 Å². The molecule has 1 amide bonds. The second-order valence-electron chi connectivity index (χ2n) is 14.5. The van der Waals surface area contributed by atoms with E-state index in [2.05, 4.69) is 49.5 Å². The fourth-order valence-corrected chi connectivity index (χ4v) is 5.84. The Morgan fingerprint density at radius 1 is 0.745 bits per heavy atom. The zero-order valence-electron chi connectivity index (χ0n) is 32.9. The van der Waals surface area contributed by atoms with E-state index >= 15 is 0 Å². The molecule has 296 valence electrons. The van der Waals surface area contributed by atoms with E-state index in [-0.39, 0.29) is 25.5 Å². The van der Waals surface area contributed by atoms with Crippen molar-refractivity contribution in [2.24, 2.45) is 0 Å². The molecule has 0 saturated heterocycles. The first kappa shape index (κ1) is 49.2. The van der Waals surface area contributed by atoms with Crippen LogP contribution in [-0.4, -0.2) is 84.6 Å². The first-order valence-corrected chi connectivity index (χ1v) is 21.3. The SMILES string of the molecule is CC/C=C/C/C=C/C=C/C(O)CCCCCCCC(=O)N[C@@H](COP(=O)(O)OCC[N+](C)(C)C)[C@H](O)/C=C/CCCCCCCC/C=C\CCC. The van der Waals surface area contributed by atoms with Gasteiger partial charge in [0.15, 0.2) is 0 Å². The summed E-state index contributed by atoms with van der Waals surface area (Å²) >= 11 is 0. The van der Waals surface area contributed by atoms with Gasteiger partial charge in [-0.25, -0.2) is 4.57 Å². The molecule has 0 aliphatic carbocycles. The molecule has 0 aliphatic rings. The van der Waals surface area contributed by atoms with Crippen LogP contribution in [0.1, 0.15) is 136 Å². The molecule has 0 bridgehead atoms. The highest BCUT2D eigenvalue weighted by Crippen LogP contribution is 2.43. The van der Waals surface area contributed by atoms with Gasteiger partial charge < -0.3 is 24.9 Å². The standard InChI is InChI=1S/C41H75N2O7P/c1-6-8-10-12-14-15-16-17-18-19-21-25-29-33-40(45)39(37-50-51(47,48)49-36-35-43(3,4)5)42-41(46)34-30-26-22-24-28-32-38(44)31-27-23-20-13-11-9-7-2/h9-12,20,23,27,29,31,33,38-40,44-45H,6-8,13-19,21-22,24-26,28,30,32,34-37H2,1-5H3,(H-,42,46,47,48)/p+1/b11-9+,12-10-,23-20+,31-27+,33-29+/t38?,39-,40+/m0/s1. The van der Waals surface area contributed by atoms with Gasteiger partial charge >= 0.3 is 7.82 Å². The average molecular weight is 740 g/mol. The van der Waals surface area contributed by atoms with Gasteiger partial charge in [-0.05, 0) is 57.8 Å². The Kier molecular flexibility index (Phi) is 31.6. The molecular weight excluding hydrogens is 663 g/mol. The number of rotatable bonds is 34. The molecule has 0 aromatic rings. The van der Waals surface area contributed by atoms with Gasteiger partial charge in [0.05, 0.1) is 46.0 Å². The van der Waals surface area contributed by atoms with Crippen LogP contribution < -0.4 is 5.32 Å². The van der Waals surface area contributed by atoms with E-state index in [0.29, 0.717) is 23.9 Å². The minimum absolute atomic E-state index is 0.0387. The highest BCUT2D eigenvalue weighted by atomic mass is 31.2. The summed E-state index contributed by atoms with van der Waals surface area (Å²) in [5.41, 5.74) is 0. The van der Waals surface area contributed by atoms with Crippen molar-refractivity contribution in [2.45, 2.75) is 154 Å². The van der Waals surface area contributed by atoms with Crippen LogP contribution in [0, 0.1) is 0 Å². The Labute approximate surface area is 312 Å². The van der Waals surface area contributed by atoms with E-state index in [4.69, 9.17) is 9.05 Å². The number of nitrogens with one attached hydrogen (secondary N) is 1. The van der Waals surface area contributed by atoms with Crippen LogP contribution in [0.4, 0.5) is 0 Å². The fourth-order valence-electron chi connectivity index (χ4n) is 5.11. The molecule has 0 rings (SSSR count). The summed E-state index contributed by atoms with van der Waals surface area (Å²) in [5.74, 6) is -0.241. The third kappa shape index (κ3) is 35.0. The smallest absolute Gasteiger partial charge is 0.389 e. The predicted octanol–water partition coefficient (Wildman–Crippen LogP) is 9.27. The molecule has 0 aliphatic heterocycles. The van der Waals surface area contributed by atoms with Crippen LogP contribution in [0.15, 0.2) is 60.8 Å². The summed E-state index contributed by atoms with van der Waals surface area (Å²) < 4.78 is 23.4. The lowest BCUT2D eigenvalue weighted by Crippen LogP contribution is -2.45. The van der Waals surface area contributed by atoms with Crippen LogP contribution in [0.25, 0.3) is 0 Å². The second kappa shape index (κ2) is 32.8. The minimum atomic E-state index is -4.36. The van der Waals surface area contributed by atoms with E-state index in [1.165, 1.54) is 38.5 Å². The summed E-state index contributed by atoms with van der Waals surface area (Å²) in [4.78, 5) is 23.0. The predicted molar refractivity (Wildman–Crippen MR) is 213 cm³/mol. The van der Waals surface area contributed by atoms with Crippen LogP contribution in [-0.2, 0) is 18.4 Å². The maximum Gasteiger partial charge on any atom is 0.472 e. The van der Waals surface area contributed by atoms with E-state index in [9.17, 15) is 24.5 Å². The van der Waals surface area contributed by atoms with Crippen molar-refractivity contribution in [2.75, 3.05) is 40.9 Å². The summed E-state index contributed by atoms with van der Waals surface area (Å²) in [6.45, 7) is 4.50. The molecule has 0 radical (unpaired) electrons. The Bertz CT molecular complexity index is 1040. The summed E-state index contributed by atoms with van der Waals surface area (Å²) in [5, 5.41) is 23.9. The van der Waals surface area contributed by atoms with Crippen molar-refractivity contribution in [1.82, 2.24) is 5.32 Å². The number of allylic oxidation sites excluding steroid dienone is 8. The number of likely N-dealkylation sites (N-methyl/N-ethyl adjacent to an activating group) is 1. The molecule has 0 aromatic carbocycles. The quantitative estimate of drug-likeness (QED) is 0.0171. The Morgan fingerprint density at radius 2 is 1.37 bits per heavy atom. The van der Waals surface area contributed by atoms with Gasteiger partial charge in [-0.1, -0.05) is 132 Å². The number of aliphatic hydroxyl groups excluding tert-OH is 2. The number of hydrogen-bond donors (Lipinski definition) is 4. The lowest BCUT2D eigenvalue weighted by molar-refractivity contribution is -0.870. The Morgan fingerprint density at radius 3 is 2.04 bits per heavy atom. The van der Waals surface area contributed by atoms with E-state index in [1.807, 2.05) is 45.4 Å². The van der Waals surface area contributed by atoms with Crippen molar-refractivity contribution in [3.05, 3.63) is 60.8 Å². The van der Waals surface area contributed by atoms with Crippen LogP contribution in [0.2, 0.25) is 0 Å². The third-order valence-corrected chi connectivity index (χ3v) is 9.28. The number of nitrogens with zero attached hydrogens (tertiary/aromatic N) is 1. The number of phosphoric ester groups is 1. The molecule has 0 aromatic heterocycles. The molecule has 2 unspecified atom stereocenters. The molecule has 0 saturated carbocycles. The summed E-state index contributed by atoms with van der Waals surface area (Å²) in [6.07, 6.45) is 37.3. The van der Waals surface area contributed by atoms with Crippen LogP contribution >= 0.6 is 7.82 Å². The largest absolute Gasteiger partial charge is 0.472 e. The highest BCUT2D eigenvalue weighted by Gasteiger charge is 2.27. The lowest BCUT2D eigenvalue weighted by Gasteiger charge is -2.25. The first-order chi connectivity index (χ1) is 24.4. The maximum absolute atomic E-state index is 12.8. The summed E-state index contributed by atoms with van der Waals surface area (Å²) in [6, 6.07) is -0.889. The van der Waals surface area contributed by atoms with Gasteiger partial charge in [0.2, 0.25) is 5.91 Å². The first-order valence-electron chi connectivity index (χ1n) is 19.8. The van der Waals surface area contributed by atoms with Crippen molar-refractivity contribution >= 4 is 13.7 Å². The molecule has 4 atom stereocenters. The van der Waals surface area contributed by atoms with Crippen molar-refractivity contribution in [3.8, 4) is 0 Å². The number of phosphoric acid groups is 1. The molecule has 51 heavy (non-hydrogen) atoms. The van der Waals surface area contributed by atoms with Crippen LogP contribution in [0.5, 0.6) is 0 Å². The van der Waals surface area contributed by atoms with Gasteiger partial charge in [0.25, 0.3) is 0 Å². The molecule has 4 N–H and O–H groups in total. The molecule has 0 spiro atoms. The second-order valence-corrected chi connectivity index (χ2v) is 15.9. The topological polar surface area (TPSA) is 125 Å². The van der Waals surface area contributed by atoms with Crippen LogP contribution in [0.3, 0.4) is 0 Å². The van der Waals surface area contributed by atoms with Gasteiger partial charge in [0, 0.05) is 6.42 Å². The van der Waals surface area contributed by atoms with E-state index < -0.39 is 26.1 Å². The summed E-state index contributed by atoms with van der Waals surface area (Å²) in [7, 11) is 1.49. The van der Waals surface area contributed by atoms with Crippen molar-refractivity contribution in [3.63, 3.8) is 0 Å². The molecular formula is C41H76N2O7P+. The minimum Gasteiger partial charge on any atom is -0.389 e. The average Bonchev–Trinajstić information content (AvgIpc) is 3.07. The van der Waals surface area contributed by atoms with Crippen molar-refractivity contribution < 1.29 is 38.0 Å². The number of amides is 1. The van der Waals surface area contributed by atoms with E-state index in [0.717, 1.165) is 64.2 Å². The maximum atomic E-state index is 12.8. The van der Waals surface area contributed by atoms with Crippen molar-refractivity contribution in [1.29, 1.82) is 0 Å². The Balaban J connectivity index is 4.64. The van der Waals surface area contributed by atoms with Gasteiger partial charge in [-0.2, -0.15) is 0 Å². The lowest BCUT2D eigenvalue weighted by atomic mass is 10.1. The molecule has 0 heterocycles. The fraction of sp³-hybridized carbons (Fsp3) is 0.732. The normalized spacial score (nSPS) is 15.8. The third-order valence-electron chi connectivity index (χ3n) is 8.30. The highest BCUT2D eigenvalue weighted by molar-refractivity contribution is 7.47. The Hall–Kier alpha value is -1.84. The molecule has 10 heteroatoms. The molecule has 0 fully saturated rings. The van der Waals surface area contributed by atoms with Gasteiger partial charge in [-0.3, -0.25) is 13.8 Å². The number of hydrogen-bond acceptors (Lipinski definition) is 6. The zero-order chi connectivity index (χ0) is 38.1. The number of unbranched alkanes of at least 4 members (excludes halogenated alkanes) is 12. The number of aliphatic hydroxyl groups is 2. The zero-order valence-corrected chi connectivity index (χ0v) is 33.8. The number of carbonyl (C=O) groups excluding carboxylic acids is 1. The monoisotopic (exact) mass is 740 g/mol. The molecule has 9 nitrogen and oxygen atoms in total. The van der Waals surface area contributed by atoms with E-state index in [1.54, 1.807) is 6.08 Å². The van der Waals surface area contributed by atoms with Gasteiger partial charge in [0.1, 0.15) is 13.2 Å².